The van der Waals surface area contributed by atoms with Gasteiger partial charge < -0.3 is 4.74 Å². The van der Waals surface area contributed by atoms with E-state index in [1.165, 1.54) is 19.1 Å². The smallest absolute Gasteiger partial charge is 0.297 e. The summed E-state index contributed by atoms with van der Waals surface area (Å²) in [6, 6.07) is 0. The first-order chi connectivity index (χ1) is 5.41. The van der Waals surface area contributed by atoms with Crippen LogP contribution in [0.2, 0.25) is 0 Å². The summed E-state index contributed by atoms with van der Waals surface area (Å²) in [5, 5.41) is 0. The normalized spacial score (nSPS) is 11.0. The van der Waals surface area contributed by atoms with E-state index in [1.807, 2.05) is 12.2 Å². The van der Waals surface area contributed by atoms with Crippen molar-refractivity contribution in [2.75, 3.05) is 0 Å². The molecule has 0 spiro atoms. The first-order valence-electron chi connectivity index (χ1n) is 3.82. The Morgan fingerprint density at radius 2 is 2.18 bits per heavy atom. The Morgan fingerprint density at radius 1 is 1.36 bits per heavy atom. The van der Waals surface area contributed by atoms with E-state index in [9.17, 15) is 4.79 Å². The van der Waals surface area contributed by atoms with Crippen LogP contribution in [-0.2, 0) is 9.53 Å². The standard InChI is InChI=1S/C9H14O2/c1-2-3-4-5-6-7-8-11-9-10/h5-9H,2-4H2,1H3/b6-5+,8-7+. The molecule has 0 atom stereocenters. The van der Waals surface area contributed by atoms with Crippen LogP contribution in [0.25, 0.3) is 0 Å². The molecule has 0 aromatic rings. The lowest BCUT2D eigenvalue weighted by atomic mass is 10.2. The minimum atomic E-state index is 0.399. The molecule has 0 aliphatic carbocycles. The van der Waals surface area contributed by atoms with Crippen LogP contribution in [0.15, 0.2) is 24.5 Å². The number of carbonyl (C=O) groups excluding carboxylic acids is 1. The molecule has 0 heterocycles. The Hall–Kier alpha value is -1.05. The minimum absolute atomic E-state index is 0.399. The number of hydrogen-bond acceptors (Lipinski definition) is 2. The molecule has 0 radical (unpaired) electrons. The van der Waals surface area contributed by atoms with E-state index in [0.29, 0.717) is 6.47 Å². The molecule has 11 heavy (non-hydrogen) atoms. The fourth-order valence-corrected chi connectivity index (χ4v) is 0.620. The summed E-state index contributed by atoms with van der Waals surface area (Å²) in [6.07, 6.45) is 10.5. The van der Waals surface area contributed by atoms with Crippen molar-refractivity contribution in [3.63, 3.8) is 0 Å². The average Bonchev–Trinajstić information content (AvgIpc) is 2.03. The van der Waals surface area contributed by atoms with Crippen molar-refractivity contribution in [1.29, 1.82) is 0 Å². The summed E-state index contributed by atoms with van der Waals surface area (Å²) in [6.45, 7) is 2.55. The van der Waals surface area contributed by atoms with Crippen molar-refractivity contribution in [2.45, 2.75) is 26.2 Å². The Balaban J connectivity index is 3.21. The van der Waals surface area contributed by atoms with E-state index < -0.39 is 0 Å². The van der Waals surface area contributed by atoms with Gasteiger partial charge in [0, 0.05) is 0 Å². The monoisotopic (exact) mass is 154 g/mol. The molecule has 0 bridgehead atoms. The lowest BCUT2D eigenvalue weighted by Gasteiger charge is -1.85. The maximum Gasteiger partial charge on any atom is 0.297 e. The third-order valence-electron chi connectivity index (χ3n) is 1.18. The van der Waals surface area contributed by atoms with Gasteiger partial charge in [-0.05, 0) is 12.5 Å². The van der Waals surface area contributed by atoms with Gasteiger partial charge in [-0.1, -0.05) is 31.9 Å². The summed E-state index contributed by atoms with van der Waals surface area (Å²) in [5.41, 5.74) is 0. The number of carbonyl (C=O) groups is 1. The first-order valence-corrected chi connectivity index (χ1v) is 3.82. The second kappa shape index (κ2) is 8.95. The fourth-order valence-electron chi connectivity index (χ4n) is 0.620. The summed E-state index contributed by atoms with van der Waals surface area (Å²) >= 11 is 0. The van der Waals surface area contributed by atoms with Crippen molar-refractivity contribution in [3.05, 3.63) is 24.5 Å². The number of ether oxygens (including phenoxy) is 1. The SMILES string of the molecule is CCCC/C=C/C=C/OC=O. The predicted molar refractivity (Wildman–Crippen MR) is 45.0 cm³/mol. The first kappa shape index (κ1) is 9.95. The molecule has 0 fully saturated rings. The molecule has 62 valence electrons. The summed E-state index contributed by atoms with van der Waals surface area (Å²) < 4.78 is 4.33. The lowest BCUT2D eigenvalue weighted by Crippen LogP contribution is -1.70. The summed E-state index contributed by atoms with van der Waals surface area (Å²) in [5.74, 6) is 0. The molecular weight excluding hydrogens is 140 g/mol. The zero-order chi connectivity index (χ0) is 8.36. The van der Waals surface area contributed by atoms with Crippen LogP contribution in [0.1, 0.15) is 26.2 Å². The molecule has 0 aromatic heterocycles. The van der Waals surface area contributed by atoms with E-state index in [1.54, 1.807) is 6.08 Å². The Bertz CT molecular complexity index is 136. The molecular formula is C9H14O2. The van der Waals surface area contributed by atoms with Crippen molar-refractivity contribution in [1.82, 2.24) is 0 Å². The Labute approximate surface area is 67.6 Å². The van der Waals surface area contributed by atoms with Gasteiger partial charge in [0.25, 0.3) is 6.47 Å². The molecule has 0 amide bonds. The number of rotatable bonds is 6. The minimum Gasteiger partial charge on any atom is -0.437 e. The van der Waals surface area contributed by atoms with Gasteiger partial charge in [0.1, 0.15) is 0 Å². The van der Waals surface area contributed by atoms with Gasteiger partial charge in [-0.25, -0.2) is 0 Å². The number of unbranched alkanes of at least 4 members (excludes halogenated alkanes) is 2. The van der Waals surface area contributed by atoms with Crippen LogP contribution >= 0.6 is 0 Å². The van der Waals surface area contributed by atoms with Gasteiger partial charge in [0.05, 0.1) is 6.26 Å². The van der Waals surface area contributed by atoms with Crippen molar-refractivity contribution in [2.24, 2.45) is 0 Å². The summed E-state index contributed by atoms with van der Waals surface area (Å²) in [7, 11) is 0. The third kappa shape index (κ3) is 8.95. The highest BCUT2D eigenvalue weighted by Crippen LogP contribution is 1.94. The van der Waals surface area contributed by atoms with E-state index in [-0.39, 0.29) is 0 Å². The number of hydrogen-bond donors (Lipinski definition) is 0. The van der Waals surface area contributed by atoms with E-state index >= 15 is 0 Å². The maximum atomic E-state index is 9.64. The molecule has 0 aliphatic heterocycles. The molecule has 0 aliphatic rings. The largest absolute Gasteiger partial charge is 0.437 e. The van der Waals surface area contributed by atoms with E-state index in [2.05, 4.69) is 11.7 Å². The lowest BCUT2D eigenvalue weighted by molar-refractivity contribution is -0.123. The highest BCUT2D eigenvalue weighted by molar-refractivity contribution is 5.38. The second-order valence-corrected chi connectivity index (χ2v) is 2.13. The van der Waals surface area contributed by atoms with Crippen LogP contribution < -0.4 is 0 Å². The van der Waals surface area contributed by atoms with Crippen LogP contribution in [0.5, 0.6) is 0 Å². The molecule has 0 N–H and O–H groups in total. The van der Waals surface area contributed by atoms with Crippen molar-refractivity contribution < 1.29 is 9.53 Å². The Kier molecular flexibility index (Phi) is 8.10. The maximum absolute atomic E-state index is 9.64. The van der Waals surface area contributed by atoms with Crippen LogP contribution in [0.4, 0.5) is 0 Å². The third-order valence-corrected chi connectivity index (χ3v) is 1.18. The highest BCUT2D eigenvalue weighted by Gasteiger charge is 1.75. The van der Waals surface area contributed by atoms with Crippen molar-refractivity contribution in [3.8, 4) is 0 Å². The average molecular weight is 154 g/mol. The predicted octanol–water partition coefficient (Wildman–Crippen LogP) is 2.42. The van der Waals surface area contributed by atoms with Gasteiger partial charge in [-0.2, -0.15) is 0 Å². The van der Waals surface area contributed by atoms with Crippen LogP contribution in [0, 0.1) is 0 Å². The Morgan fingerprint density at radius 3 is 2.82 bits per heavy atom. The second-order valence-electron chi connectivity index (χ2n) is 2.13. The van der Waals surface area contributed by atoms with Gasteiger partial charge in [0.2, 0.25) is 0 Å². The molecule has 2 heteroatoms. The topological polar surface area (TPSA) is 26.3 Å². The van der Waals surface area contributed by atoms with Gasteiger partial charge in [0.15, 0.2) is 0 Å². The molecule has 0 saturated heterocycles. The van der Waals surface area contributed by atoms with E-state index in [4.69, 9.17) is 0 Å². The van der Waals surface area contributed by atoms with Gasteiger partial charge >= 0.3 is 0 Å². The quantitative estimate of drug-likeness (QED) is 0.254. The van der Waals surface area contributed by atoms with E-state index in [0.717, 1.165) is 6.42 Å². The zero-order valence-electron chi connectivity index (χ0n) is 6.82. The number of allylic oxidation sites excluding steroid dienone is 3. The molecule has 0 rings (SSSR count). The summed E-state index contributed by atoms with van der Waals surface area (Å²) in [4.78, 5) is 9.64. The highest BCUT2D eigenvalue weighted by atomic mass is 16.5. The fraction of sp³-hybridized carbons (Fsp3) is 0.444. The van der Waals surface area contributed by atoms with Gasteiger partial charge in [-0.15, -0.1) is 0 Å². The molecule has 2 nitrogen and oxygen atoms in total. The molecule has 0 unspecified atom stereocenters. The van der Waals surface area contributed by atoms with Gasteiger partial charge in [-0.3, -0.25) is 4.79 Å². The van der Waals surface area contributed by atoms with Crippen molar-refractivity contribution >= 4 is 6.47 Å². The zero-order valence-corrected chi connectivity index (χ0v) is 6.82. The van der Waals surface area contributed by atoms with Crippen LogP contribution in [-0.4, -0.2) is 6.47 Å². The molecule has 0 aromatic carbocycles. The molecule has 0 saturated carbocycles. The van der Waals surface area contributed by atoms with Crippen LogP contribution in [0.3, 0.4) is 0 Å².